The fraction of sp³-hybridized carbons (Fsp3) is 0.353. The number of nitrogens with zero attached hydrogens (tertiary/aromatic N) is 1. The van der Waals surface area contributed by atoms with Gasteiger partial charge in [0.1, 0.15) is 0 Å². The van der Waals surface area contributed by atoms with Gasteiger partial charge in [-0.1, -0.05) is 35.9 Å². The second kappa shape index (κ2) is 5.43. The fourth-order valence-corrected chi connectivity index (χ4v) is 2.64. The van der Waals surface area contributed by atoms with Gasteiger partial charge < -0.3 is 0 Å². The third-order valence-corrected chi connectivity index (χ3v) is 3.30. The predicted octanol–water partition coefficient (Wildman–Crippen LogP) is 4.06. The first-order valence-electron chi connectivity index (χ1n) is 6.72. The molecule has 0 saturated carbocycles. The van der Waals surface area contributed by atoms with E-state index < -0.39 is 0 Å². The third-order valence-electron chi connectivity index (χ3n) is 3.30. The van der Waals surface area contributed by atoms with Crippen molar-refractivity contribution in [3.05, 3.63) is 53.3 Å². The molecule has 19 heavy (non-hydrogen) atoms. The van der Waals surface area contributed by atoms with Crippen molar-refractivity contribution < 1.29 is 4.79 Å². The van der Waals surface area contributed by atoms with E-state index in [0.717, 1.165) is 29.7 Å². The van der Waals surface area contributed by atoms with Gasteiger partial charge in [-0.15, -0.1) is 0 Å². The van der Waals surface area contributed by atoms with Crippen LogP contribution < -0.4 is 4.90 Å². The molecule has 1 aliphatic heterocycles. The minimum Gasteiger partial charge on any atom is -0.288 e. The molecule has 0 N–H and O–H groups in total. The summed E-state index contributed by atoms with van der Waals surface area (Å²) >= 11 is 0. The van der Waals surface area contributed by atoms with Gasteiger partial charge in [0.15, 0.2) is 0 Å². The lowest BCUT2D eigenvalue weighted by Gasteiger charge is -2.26. The van der Waals surface area contributed by atoms with E-state index in [-0.39, 0.29) is 5.91 Å². The summed E-state index contributed by atoms with van der Waals surface area (Å²) < 4.78 is 0. The number of hydrogen-bond donors (Lipinski definition) is 0. The summed E-state index contributed by atoms with van der Waals surface area (Å²) in [5.41, 5.74) is 5.71. The molecule has 0 unspecified atom stereocenters. The van der Waals surface area contributed by atoms with Crippen molar-refractivity contribution in [1.82, 2.24) is 0 Å². The van der Waals surface area contributed by atoms with Gasteiger partial charge in [-0.2, -0.15) is 0 Å². The van der Waals surface area contributed by atoms with Crippen LogP contribution in [-0.2, 0) is 11.2 Å². The Bertz CT molecular complexity index is 555. The number of amides is 1. The minimum atomic E-state index is 0.178. The summed E-state index contributed by atoms with van der Waals surface area (Å²) in [6.07, 6.45) is 6.22. The zero-order valence-corrected chi connectivity index (χ0v) is 12.0. The van der Waals surface area contributed by atoms with Gasteiger partial charge in [0.05, 0.1) is 5.69 Å². The molecule has 1 aromatic rings. The van der Waals surface area contributed by atoms with Crippen molar-refractivity contribution in [1.29, 1.82) is 0 Å². The van der Waals surface area contributed by atoms with E-state index in [1.165, 1.54) is 11.1 Å². The van der Waals surface area contributed by atoms with Crippen LogP contribution in [0.2, 0.25) is 0 Å². The van der Waals surface area contributed by atoms with Crippen molar-refractivity contribution in [2.75, 3.05) is 4.90 Å². The highest BCUT2D eigenvalue weighted by molar-refractivity contribution is 5.97. The number of anilines is 1. The average Bonchev–Trinajstić information content (AvgIpc) is 2.29. The minimum absolute atomic E-state index is 0.178. The predicted molar refractivity (Wildman–Crippen MR) is 80.3 cm³/mol. The summed E-state index contributed by atoms with van der Waals surface area (Å²) in [6, 6.07) is 4.29. The molecule has 1 heterocycles. The van der Waals surface area contributed by atoms with E-state index in [2.05, 4.69) is 38.6 Å². The zero-order valence-electron chi connectivity index (χ0n) is 12.0. The number of rotatable bonds is 3. The lowest BCUT2D eigenvalue weighted by atomic mass is 9.97. The van der Waals surface area contributed by atoms with Crippen LogP contribution in [0.1, 0.15) is 36.5 Å². The van der Waals surface area contributed by atoms with Crippen LogP contribution >= 0.6 is 0 Å². The first kappa shape index (κ1) is 13.6. The molecule has 100 valence electrons. The summed E-state index contributed by atoms with van der Waals surface area (Å²) in [7, 11) is 0. The Kier molecular flexibility index (Phi) is 3.89. The molecule has 2 rings (SSSR count). The lowest BCUT2D eigenvalue weighted by Crippen LogP contribution is -2.29. The number of benzene rings is 1. The first-order chi connectivity index (χ1) is 8.99. The molecule has 0 spiro atoms. The molecular weight excluding hydrogens is 234 g/mol. The molecule has 0 aromatic heterocycles. The number of carbonyl (C=O) groups excluding carboxylic acids is 1. The van der Waals surface area contributed by atoms with E-state index in [9.17, 15) is 4.79 Å². The first-order valence-corrected chi connectivity index (χ1v) is 6.72. The molecule has 1 aromatic carbocycles. The fourth-order valence-electron chi connectivity index (χ4n) is 2.64. The van der Waals surface area contributed by atoms with Gasteiger partial charge in [0.25, 0.3) is 0 Å². The molecule has 2 nitrogen and oxygen atoms in total. The summed E-state index contributed by atoms with van der Waals surface area (Å²) in [4.78, 5) is 13.9. The third kappa shape index (κ3) is 2.95. The van der Waals surface area contributed by atoms with E-state index in [1.54, 1.807) is 4.90 Å². The van der Waals surface area contributed by atoms with Crippen molar-refractivity contribution in [3.8, 4) is 0 Å². The van der Waals surface area contributed by atoms with Crippen LogP contribution in [0, 0.1) is 13.8 Å². The Morgan fingerprint density at radius 2 is 2.11 bits per heavy atom. The van der Waals surface area contributed by atoms with E-state index >= 15 is 0 Å². The van der Waals surface area contributed by atoms with Crippen LogP contribution in [-0.4, -0.2) is 5.91 Å². The van der Waals surface area contributed by atoms with Crippen molar-refractivity contribution in [2.24, 2.45) is 0 Å². The Labute approximate surface area is 115 Å². The standard InChI is InChI=1S/C17H21NO/c1-12(2)9-15-11-13(3)10-14(4)17(15)18-8-6-5-7-16(18)19/h6,8,10-11H,1,5,7,9H2,2-4H3. The lowest BCUT2D eigenvalue weighted by molar-refractivity contribution is -0.118. The Morgan fingerprint density at radius 3 is 2.74 bits per heavy atom. The quantitative estimate of drug-likeness (QED) is 0.746. The highest BCUT2D eigenvalue weighted by Gasteiger charge is 2.20. The monoisotopic (exact) mass is 255 g/mol. The second-order valence-electron chi connectivity index (χ2n) is 5.41. The SMILES string of the molecule is C=C(C)Cc1cc(C)cc(C)c1N1C=CCCC1=O. The average molecular weight is 255 g/mol. The number of hydrogen-bond acceptors (Lipinski definition) is 1. The Hall–Kier alpha value is -1.83. The maximum absolute atomic E-state index is 12.1. The van der Waals surface area contributed by atoms with E-state index in [0.29, 0.717) is 6.42 Å². The normalized spacial score (nSPS) is 14.9. The molecule has 1 amide bonds. The van der Waals surface area contributed by atoms with Crippen LogP contribution in [0.4, 0.5) is 5.69 Å². The Balaban J connectivity index is 2.53. The number of allylic oxidation sites excluding steroid dienone is 2. The van der Waals surface area contributed by atoms with Crippen LogP contribution in [0.5, 0.6) is 0 Å². The van der Waals surface area contributed by atoms with Gasteiger partial charge in [-0.25, -0.2) is 0 Å². The molecule has 0 atom stereocenters. The molecule has 0 bridgehead atoms. The van der Waals surface area contributed by atoms with Crippen LogP contribution in [0.3, 0.4) is 0 Å². The maximum Gasteiger partial charge on any atom is 0.231 e. The largest absolute Gasteiger partial charge is 0.288 e. The van der Waals surface area contributed by atoms with Crippen molar-refractivity contribution >= 4 is 11.6 Å². The van der Waals surface area contributed by atoms with Gasteiger partial charge in [0.2, 0.25) is 5.91 Å². The van der Waals surface area contributed by atoms with Gasteiger partial charge in [-0.05, 0) is 44.7 Å². The van der Waals surface area contributed by atoms with Crippen LogP contribution in [0.15, 0.2) is 36.6 Å². The van der Waals surface area contributed by atoms with Gasteiger partial charge >= 0.3 is 0 Å². The highest BCUT2D eigenvalue weighted by Crippen LogP contribution is 2.31. The Morgan fingerprint density at radius 1 is 1.37 bits per heavy atom. The summed E-state index contributed by atoms with van der Waals surface area (Å²) in [6.45, 7) is 10.2. The highest BCUT2D eigenvalue weighted by atomic mass is 16.2. The molecule has 0 aliphatic carbocycles. The molecular formula is C17H21NO. The number of carbonyl (C=O) groups is 1. The number of aryl methyl sites for hydroxylation is 2. The van der Waals surface area contributed by atoms with Crippen molar-refractivity contribution in [3.63, 3.8) is 0 Å². The van der Waals surface area contributed by atoms with Gasteiger partial charge in [0, 0.05) is 12.6 Å². The van der Waals surface area contributed by atoms with Crippen LogP contribution in [0.25, 0.3) is 0 Å². The van der Waals surface area contributed by atoms with E-state index in [4.69, 9.17) is 0 Å². The molecule has 0 saturated heterocycles. The smallest absolute Gasteiger partial charge is 0.231 e. The topological polar surface area (TPSA) is 20.3 Å². The molecule has 0 radical (unpaired) electrons. The van der Waals surface area contributed by atoms with Crippen molar-refractivity contribution in [2.45, 2.75) is 40.0 Å². The second-order valence-corrected chi connectivity index (χ2v) is 5.41. The van der Waals surface area contributed by atoms with Gasteiger partial charge in [-0.3, -0.25) is 9.69 Å². The van der Waals surface area contributed by atoms with E-state index in [1.807, 2.05) is 13.1 Å². The molecule has 2 heteroatoms. The summed E-state index contributed by atoms with van der Waals surface area (Å²) in [5, 5.41) is 0. The molecule has 0 fully saturated rings. The maximum atomic E-state index is 12.1. The molecule has 1 aliphatic rings. The zero-order chi connectivity index (χ0) is 14.0. The summed E-state index contributed by atoms with van der Waals surface area (Å²) in [5.74, 6) is 0.178.